The molecule has 1 rings (SSSR count). The van der Waals surface area contributed by atoms with Gasteiger partial charge in [-0.25, -0.2) is 4.98 Å². The van der Waals surface area contributed by atoms with E-state index in [2.05, 4.69) is 4.98 Å². The van der Waals surface area contributed by atoms with Gasteiger partial charge in [-0.2, -0.15) is 8.78 Å². The van der Waals surface area contributed by atoms with Gasteiger partial charge in [0.05, 0.1) is 5.01 Å². The van der Waals surface area contributed by atoms with E-state index in [1.807, 2.05) is 0 Å². The molecule has 0 aliphatic rings. The number of hydrogen-bond donors (Lipinski definition) is 0. The normalized spacial score (nSPS) is 12.5. The molecule has 0 fully saturated rings. The van der Waals surface area contributed by atoms with Crippen molar-refractivity contribution in [1.29, 1.82) is 0 Å². The fraction of sp³-hybridized carbons (Fsp3) is 0.625. The van der Waals surface area contributed by atoms with Crippen LogP contribution >= 0.6 is 11.3 Å². The molecule has 0 atom stereocenters. The van der Waals surface area contributed by atoms with Gasteiger partial charge in [-0.3, -0.25) is 0 Å². The summed E-state index contributed by atoms with van der Waals surface area (Å²) in [5, 5.41) is 2.11. The van der Waals surface area contributed by atoms with Crippen molar-refractivity contribution in [3.8, 4) is 0 Å². The number of aryl methyl sites for hydroxylation is 1. The first kappa shape index (κ1) is 9.58. The maximum Gasteiger partial charge on any atom is 0.292 e. The summed E-state index contributed by atoms with van der Waals surface area (Å²) >= 11 is 1.26. The zero-order chi connectivity index (χ0) is 9.35. The van der Waals surface area contributed by atoms with Crippen molar-refractivity contribution in [3.05, 3.63) is 16.1 Å². The molecule has 0 saturated carbocycles. The van der Waals surface area contributed by atoms with Crippen LogP contribution in [0.4, 0.5) is 8.78 Å². The zero-order valence-electron chi connectivity index (χ0n) is 7.27. The lowest BCUT2D eigenvalue weighted by Gasteiger charge is -2.17. The molecule has 0 bridgehead atoms. The largest absolute Gasteiger partial charge is 0.292 e. The maximum atomic E-state index is 13.2. The van der Waals surface area contributed by atoms with Crippen LogP contribution in [0.2, 0.25) is 0 Å². The number of alkyl halides is 2. The van der Waals surface area contributed by atoms with E-state index in [1.165, 1.54) is 30.6 Å². The Hall–Kier alpha value is -0.510. The van der Waals surface area contributed by atoms with Crippen molar-refractivity contribution in [2.45, 2.75) is 26.7 Å². The standard InChI is InChI=1S/C8H11F2NS/c1-5(2)8(9,10)7-4-12-6(3)11-7/h4-5H,1-3H3. The van der Waals surface area contributed by atoms with Crippen LogP contribution in [0.3, 0.4) is 0 Å². The van der Waals surface area contributed by atoms with E-state index < -0.39 is 11.8 Å². The molecule has 1 nitrogen and oxygen atoms in total. The third-order valence-electron chi connectivity index (χ3n) is 1.69. The van der Waals surface area contributed by atoms with Crippen LogP contribution in [0.15, 0.2) is 5.38 Å². The molecule has 0 aromatic carbocycles. The molecule has 12 heavy (non-hydrogen) atoms. The molecule has 68 valence electrons. The molecule has 0 N–H and O–H groups in total. The molecule has 0 saturated heterocycles. The third-order valence-corrected chi connectivity index (χ3v) is 2.46. The second kappa shape index (κ2) is 3.09. The summed E-state index contributed by atoms with van der Waals surface area (Å²) in [7, 11) is 0. The summed E-state index contributed by atoms with van der Waals surface area (Å²) in [6.45, 7) is 4.72. The summed E-state index contributed by atoms with van der Waals surface area (Å²) in [5.74, 6) is -3.48. The predicted octanol–water partition coefficient (Wildman–Crippen LogP) is 3.20. The molecule has 4 heteroatoms. The first-order valence-corrected chi connectivity index (χ1v) is 4.63. The highest BCUT2D eigenvalue weighted by molar-refractivity contribution is 7.09. The van der Waals surface area contributed by atoms with E-state index in [0.717, 1.165) is 0 Å². The first-order chi connectivity index (χ1) is 5.44. The van der Waals surface area contributed by atoms with E-state index in [1.54, 1.807) is 6.92 Å². The van der Waals surface area contributed by atoms with Gasteiger partial charge in [-0.15, -0.1) is 11.3 Å². The highest BCUT2D eigenvalue weighted by Gasteiger charge is 2.37. The minimum atomic E-state index is -2.79. The number of nitrogens with zero attached hydrogens (tertiary/aromatic N) is 1. The molecule has 0 unspecified atom stereocenters. The van der Waals surface area contributed by atoms with Crippen LogP contribution in [0.5, 0.6) is 0 Å². The lowest BCUT2D eigenvalue weighted by molar-refractivity contribution is -0.0549. The quantitative estimate of drug-likeness (QED) is 0.699. The van der Waals surface area contributed by atoms with Crippen molar-refractivity contribution >= 4 is 11.3 Å². The monoisotopic (exact) mass is 191 g/mol. The Balaban J connectivity index is 2.97. The Morgan fingerprint density at radius 2 is 2.08 bits per heavy atom. The number of aromatic nitrogens is 1. The smallest absolute Gasteiger partial charge is 0.240 e. The molecule has 0 amide bonds. The highest BCUT2D eigenvalue weighted by atomic mass is 32.1. The highest BCUT2D eigenvalue weighted by Crippen LogP contribution is 2.35. The maximum absolute atomic E-state index is 13.2. The Morgan fingerprint density at radius 3 is 2.42 bits per heavy atom. The average molecular weight is 191 g/mol. The van der Waals surface area contributed by atoms with Crippen LogP contribution in [0.25, 0.3) is 0 Å². The second-order valence-electron chi connectivity index (χ2n) is 3.03. The van der Waals surface area contributed by atoms with Crippen LogP contribution in [-0.4, -0.2) is 4.98 Å². The molecule has 0 spiro atoms. The van der Waals surface area contributed by atoms with Crippen molar-refractivity contribution < 1.29 is 8.78 Å². The summed E-state index contributed by atoms with van der Waals surface area (Å²) in [6, 6.07) is 0. The second-order valence-corrected chi connectivity index (χ2v) is 4.09. The predicted molar refractivity (Wildman–Crippen MR) is 45.6 cm³/mol. The molecule has 1 aromatic heterocycles. The minimum absolute atomic E-state index is 0.0972. The molecule has 0 radical (unpaired) electrons. The van der Waals surface area contributed by atoms with Crippen molar-refractivity contribution in [2.75, 3.05) is 0 Å². The average Bonchev–Trinajstić information content (AvgIpc) is 2.35. The first-order valence-electron chi connectivity index (χ1n) is 3.75. The van der Waals surface area contributed by atoms with E-state index in [-0.39, 0.29) is 5.69 Å². The number of hydrogen-bond acceptors (Lipinski definition) is 2. The van der Waals surface area contributed by atoms with Crippen LogP contribution < -0.4 is 0 Å². The van der Waals surface area contributed by atoms with Crippen molar-refractivity contribution in [3.63, 3.8) is 0 Å². The van der Waals surface area contributed by atoms with Crippen LogP contribution in [-0.2, 0) is 5.92 Å². The Bertz CT molecular complexity index is 268. The molecule has 0 aliphatic carbocycles. The third kappa shape index (κ3) is 1.63. The zero-order valence-corrected chi connectivity index (χ0v) is 8.08. The lowest BCUT2D eigenvalue weighted by Crippen LogP contribution is -2.21. The molecular formula is C8H11F2NS. The SMILES string of the molecule is Cc1nc(C(F)(F)C(C)C)cs1. The summed E-state index contributed by atoms with van der Waals surface area (Å²) < 4.78 is 26.5. The summed E-state index contributed by atoms with van der Waals surface area (Å²) in [5.41, 5.74) is -0.0972. The fourth-order valence-corrected chi connectivity index (χ4v) is 1.46. The van der Waals surface area contributed by atoms with Crippen molar-refractivity contribution in [1.82, 2.24) is 4.98 Å². The summed E-state index contributed by atoms with van der Waals surface area (Å²) in [6.07, 6.45) is 0. The molecule has 1 aromatic rings. The fourth-order valence-electron chi connectivity index (χ4n) is 0.812. The number of rotatable bonds is 2. The van der Waals surface area contributed by atoms with E-state index in [4.69, 9.17) is 0 Å². The van der Waals surface area contributed by atoms with Gasteiger partial charge in [0.25, 0.3) is 5.92 Å². The molecular weight excluding hydrogens is 180 g/mol. The van der Waals surface area contributed by atoms with Gasteiger partial charge in [0.15, 0.2) is 0 Å². The van der Waals surface area contributed by atoms with Gasteiger partial charge in [0.2, 0.25) is 0 Å². The lowest BCUT2D eigenvalue weighted by atomic mass is 10.0. The molecule has 0 aliphatic heterocycles. The Kier molecular flexibility index (Phi) is 2.46. The van der Waals surface area contributed by atoms with E-state index >= 15 is 0 Å². The van der Waals surface area contributed by atoms with Gasteiger partial charge in [0, 0.05) is 11.3 Å². The van der Waals surface area contributed by atoms with E-state index in [9.17, 15) is 8.78 Å². The summed E-state index contributed by atoms with van der Waals surface area (Å²) in [4.78, 5) is 3.77. The topological polar surface area (TPSA) is 12.9 Å². The van der Waals surface area contributed by atoms with Gasteiger partial charge in [-0.05, 0) is 6.92 Å². The van der Waals surface area contributed by atoms with Gasteiger partial charge < -0.3 is 0 Å². The molecule has 1 heterocycles. The van der Waals surface area contributed by atoms with Crippen LogP contribution in [0.1, 0.15) is 24.5 Å². The van der Waals surface area contributed by atoms with Gasteiger partial charge >= 0.3 is 0 Å². The number of halogens is 2. The van der Waals surface area contributed by atoms with E-state index in [0.29, 0.717) is 5.01 Å². The van der Waals surface area contributed by atoms with Gasteiger partial charge in [0.1, 0.15) is 5.69 Å². The number of thiazole rings is 1. The Labute approximate surface area is 74.4 Å². The minimum Gasteiger partial charge on any atom is -0.240 e. The Morgan fingerprint density at radius 1 is 1.50 bits per heavy atom. The van der Waals surface area contributed by atoms with Gasteiger partial charge in [-0.1, -0.05) is 13.8 Å². The van der Waals surface area contributed by atoms with Crippen LogP contribution in [0, 0.1) is 12.8 Å². The van der Waals surface area contributed by atoms with Crippen molar-refractivity contribution in [2.24, 2.45) is 5.92 Å².